The maximum absolute atomic E-state index is 13.9. The van der Waals surface area contributed by atoms with Gasteiger partial charge in [0.25, 0.3) is 0 Å². The highest BCUT2D eigenvalue weighted by atomic mass is 79.9. The van der Waals surface area contributed by atoms with Crippen molar-refractivity contribution in [3.8, 4) is 0 Å². The number of hydrogen-bond acceptors (Lipinski definition) is 3. The first-order valence-electron chi connectivity index (χ1n) is 8.61. The summed E-state index contributed by atoms with van der Waals surface area (Å²) in [6.45, 7) is 1.26. The summed E-state index contributed by atoms with van der Waals surface area (Å²) in [7, 11) is 0. The molecule has 0 saturated carbocycles. The zero-order valence-electron chi connectivity index (χ0n) is 15.2. The van der Waals surface area contributed by atoms with Crippen molar-refractivity contribution in [2.75, 3.05) is 0 Å². The van der Waals surface area contributed by atoms with E-state index in [2.05, 4.69) is 26.6 Å². The monoisotopic (exact) mass is 449 g/mol. The normalized spacial score (nSPS) is 12.7. The molecular formula is C20H21BrFN3O3. The average Bonchev–Trinajstić information content (AvgIpc) is 2.63. The molecule has 0 saturated heterocycles. The molecule has 0 aromatic heterocycles. The molecule has 0 aliphatic rings. The second kappa shape index (κ2) is 9.98. The summed E-state index contributed by atoms with van der Waals surface area (Å²) in [4.78, 5) is 36.0. The second-order valence-corrected chi connectivity index (χ2v) is 7.26. The lowest BCUT2D eigenvalue weighted by Gasteiger charge is -2.22. The smallest absolute Gasteiger partial charge is 0.243 e. The summed E-state index contributed by atoms with van der Waals surface area (Å²) in [5.74, 6) is -2.24. The van der Waals surface area contributed by atoms with Crippen molar-refractivity contribution in [2.24, 2.45) is 5.73 Å². The highest BCUT2D eigenvalue weighted by Gasteiger charge is 2.26. The lowest BCUT2D eigenvalue weighted by atomic mass is 10.0. The van der Waals surface area contributed by atoms with Crippen LogP contribution in [0.3, 0.4) is 0 Å². The number of carbonyl (C=O) groups excluding carboxylic acids is 3. The minimum absolute atomic E-state index is 0.0537. The number of primary amides is 1. The van der Waals surface area contributed by atoms with E-state index in [1.165, 1.54) is 25.1 Å². The molecule has 6 nitrogen and oxygen atoms in total. The first kappa shape index (κ1) is 21.6. The standard InChI is InChI=1S/C20H21BrFN3O3/c1-12(26)24-18(11-14-4-2-3-5-16(14)22)20(28)25-17(19(23)27)10-13-6-8-15(21)9-7-13/h2-9,17-18H,10-11H2,1H3,(H2,23,27)(H,24,26)(H,25,28)/t17-,18+/m0/s1. The van der Waals surface area contributed by atoms with E-state index in [1.807, 2.05) is 12.1 Å². The quantitative estimate of drug-likeness (QED) is 0.572. The largest absolute Gasteiger partial charge is 0.368 e. The Morgan fingerprint density at radius 2 is 1.64 bits per heavy atom. The lowest BCUT2D eigenvalue weighted by Crippen LogP contribution is -2.54. The Labute approximate surface area is 170 Å². The molecule has 3 amide bonds. The topological polar surface area (TPSA) is 101 Å². The van der Waals surface area contributed by atoms with Crippen LogP contribution < -0.4 is 16.4 Å². The number of halogens is 2. The van der Waals surface area contributed by atoms with Crippen molar-refractivity contribution >= 4 is 33.7 Å². The molecule has 0 bridgehead atoms. The molecular weight excluding hydrogens is 429 g/mol. The van der Waals surface area contributed by atoms with Gasteiger partial charge in [-0.3, -0.25) is 14.4 Å². The average molecular weight is 450 g/mol. The van der Waals surface area contributed by atoms with Crippen molar-refractivity contribution in [1.29, 1.82) is 0 Å². The van der Waals surface area contributed by atoms with E-state index in [9.17, 15) is 18.8 Å². The number of benzene rings is 2. The summed E-state index contributed by atoms with van der Waals surface area (Å²) in [5.41, 5.74) is 6.51. The highest BCUT2D eigenvalue weighted by Crippen LogP contribution is 2.13. The second-order valence-electron chi connectivity index (χ2n) is 6.34. The molecule has 0 heterocycles. The van der Waals surface area contributed by atoms with Crippen LogP contribution in [-0.4, -0.2) is 29.8 Å². The van der Waals surface area contributed by atoms with E-state index >= 15 is 0 Å². The number of nitrogens with two attached hydrogens (primary N) is 1. The van der Waals surface area contributed by atoms with E-state index < -0.39 is 35.6 Å². The van der Waals surface area contributed by atoms with E-state index in [4.69, 9.17) is 5.73 Å². The van der Waals surface area contributed by atoms with E-state index in [0.717, 1.165) is 10.0 Å². The fourth-order valence-corrected chi connectivity index (χ4v) is 2.95. The Bertz CT molecular complexity index is 858. The number of hydrogen-bond donors (Lipinski definition) is 3. The molecule has 2 atom stereocenters. The molecule has 148 valence electrons. The van der Waals surface area contributed by atoms with Crippen LogP contribution in [0.1, 0.15) is 18.1 Å². The number of nitrogens with one attached hydrogen (secondary N) is 2. The van der Waals surface area contributed by atoms with Gasteiger partial charge in [-0.25, -0.2) is 4.39 Å². The Morgan fingerprint density at radius 1 is 1.00 bits per heavy atom. The van der Waals surface area contributed by atoms with Gasteiger partial charge >= 0.3 is 0 Å². The molecule has 0 aliphatic carbocycles. The van der Waals surface area contributed by atoms with Gasteiger partial charge in [0.2, 0.25) is 17.7 Å². The van der Waals surface area contributed by atoms with Crippen LogP contribution >= 0.6 is 15.9 Å². The Kier molecular flexibility index (Phi) is 7.69. The molecule has 0 unspecified atom stereocenters. The molecule has 2 rings (SSSR count). The van der Waals surface area contributed by atoms with Crippen LogP contribution in [-0.2, 0) is 27.2 Å². The van der Waals surface area contributed by atoms with Gasteiger partial charge in [0, 0.05) is 24.2 Å². The number of amides is 3. The predicted molar refractivity (Wildman–Crippen MR) is 107 cm³/mol. The van der Waals surface area contributed by atoms with Crippen molar-refractivity contribution < 1.29 is 18.8 Å². The molecule has 2 aromatic rings. The summed E-state index contributed by atoms with van der Waals surface area (Å²) in [5, 5.41) is 5.06. The van der Waals surface area contributed by atoms with Gasteiger partial charge in [0.15, 0.2) is 0 Å². The summed E-state index contributed by atoms with van der Waals surface area (Å²) < 4.78 is 14.8. The van der Waals surface area contributed by atoms with Gasteiger partial charge in [-0.15, -0.1) is 0 Å². The van der Waals surface area contributed by atoms with Crippen molar-refractivity contribution in [1.82, 2.24) is 10.6 Å². The van der Waals surface area contributed by atoms with Crippen LogP contribution in [0.25, 0.3) is 0 Å². The predicted octanol–water partition coefficient (Wildman–Crippen LogP) is 1.85. The first-order valence-corrected chi connectivity index (χ1v) is 9.40. The van der Waals surface area contributed by atoms with Gasteiger partial charge in [-0.2, -0.15) is 0 Å². The van der Waals surface area contributed by atoms with E-state index in [1.54, 1.807) is 18.2 Å². The van der Waals surface area contributed by atoms with Gasteiger partial charge in [-0.1, -0.05) is 46.3 Å². The Hall–Kier alpha value is -2.74. The third-order valence-corrected chi connectivity index (χ3v) is 4.62. The molecule has 28 heavy (non-hydrogen) atoms. The van der Waals surface area contributed by atoms with Crippen LogP contribution in [0.4, 0.5) is 4.39 Å². The first-order chi connectivity index (χ1) is 13.3. The summed E-state index contributed by atoms with van der Waals surface area (Å²) >= 11 is 3.33. The highest BCUT2D eigenvalue weighted by molar-refractivity contribution is 9.10. The van der Waals surface area contributed by atoms with Crippen molar-refractivity contribution in [2.45, 2.75) is 31.8 Å². The Balaban J connectivity index is 2.14. The van der Waals surface area contributed by atoms with Gasteiger partial charge in [0.1, 0.15) is 17.9 Å². The zero-order valence-corrected chi connectivity index (χ0v) is 16.8. The third kappa shape index (κ3) is 6.45. The molecule has 0 aliphatic heterocycles. The third-order valence-electron chi connectivity index (χ3n) is 4.09. The van der Waals surface area contributed by atoms with Crippen molar-refractivity contribution in [3.63, 3.8) is 0 Å². The SMILES string of the molecule is CC(=O)N[C@H](Cc1ccccc1F)C(=O)N[C@@H](Cc1ccc(Br)cc1)C(N)=O. The Morgan fingerprint density at radius 3 is 2.21 bits per heavy atom. The molecule has 8 heteroatoms. The van der Waals surface area contributed by atoms with Gasteiger partial charge in [0.05, 0.1) is 0 Å². The van der Waals surface area contributed by atoms with E-state index in [0.29, 0.717) is 0 Å². The zero-order chi connectivity index (χ0) is 20.7. The van der Waals surface area contributed by atoms with Gasteiger partial charge < -0.3 is 16.4 Å². The molecule has 0 spiro atoms. The minimum Gasteiger partial charge on any atom is -0.368 e. The van der Waals surface area contributed by atoms with Crippen LogP contribution in [0.2, 0.25) is 0 Å². The van der Waals surface area contributed by atoms with Crippen molar-refractivity contribution in [3.05, 3.63) is 69.9 Å². The molecule has 0 fully saturated rings. The fourth-order valence-electron chi connectivity index (χ4n) is 2.69. The van der Waals surface area contributed by atoms with Gasteiger partial charge in [-0.05, 0) is 29.3 Å². The van der Waals surface area contributed by atoms with Crippen LogP contribution in [0, 0.1) is 5.82 Å². The number of carbonyl (C=O) groups is 3. The summed E-state index contributed by atoms with van der Waals surface area (Å²) in [6, 6.07) is 11.2. The lowest BCUT2D eigenvalue weighted by molar-refractivity contribution is -0.130. The summed E-state index contributed by atoms with van der Waals surface area (Å²) in [6.07, 6.45) is 0.142. The van der Waals surface area contributed by atoms with E-state index in [-0.39, 0.29) is 18.4 Å². The molecule has 2 aromatic carbocycles. The maximum Gasteiger partial charge on any atom is 0.243 e. The fraction of sp³-hybridized carbons (Fsp3) is 0.250. The number of rotatable bonds is 8. The minimum atomic E-state index is -1.04. The molecule has 0 radical (unpaired) electrons. The molecule has 4 N–H and O–H groups in total. The maximum atomic E-state index is 13.9. The van der Waals surface area contributed by atoms with Crippen LogP contribution in [0.5, 0.6) is 0 Å². The van der Waals surface area contributed by atoms with Crippen LogP contribution in [0.15, 0.2) is 53.0 Å².